The molecule has 0 radical (unpaired) electrons. The Balaban J connectivity index is 1.97. The first kappa shape index (κ1) is 18.3. The Kier molecular flexibility index (Phi) is 5.74. The van der Waals surface area contributed by atoms with Crippen LogP contribution < -0.4 is 4.90 Å². The van der Waals surface area contributed by atoms with Crippen molar-refractivity contribution in [3.05, 3.63) is 29.8 Å². The lowest BCUT2D eigenvalue weighted by molar-refractivity contribution is 0.384. The highest BCUT2D eigenvalue weighted by atomic mass is 32.2. The van der Waals surface area contributed by atoms with E-state index in [4.69, 9.17) is 0 Å². The summed E-state index contributed by atoms with van der Waals surface area (Å²) in [5.74, 6) is 0.282. The first-order valence-corrected chi connectivity index (χ1v) is 10.2. The van der Waals surface area contributed by atoms with Gasteiger partial charge in [0.2, 0.25) is 10.0 Å². The zero-order valence-electron chi connectivity index (χ0n) is 14.9. The first-order valence-electron chi connectivity index (χ1n) is 8.57. The predicted molar refractivity (Wildman–Crippen MR) is 97.6 cm³/mol. The molecule has 0 atom stereocenters. The number of anilines is 1. The van der Waals surface area contributed by atoms with Gasteiger partial charge in [0.15, 0.2) is 0 Å². The van der Waals surface area contributed by atoms with Crippen LogP contribution in [0.25, 0.3) is 0 Å². The molecule has 1 saturated heterocycles. The van der Waals surface area contributed by atoms with Crippen molar-refractivity contribution >= 4 is 15.7 Å². The molecule has 1 aromatic carbocycles. The summed E-state index contributed by atoms with van der Waals surface area (Å²) in [6.45, 7) is 11.4. The van der Waals surface area contributed by atoms with Crippen LogP contribution >= 0.6 is 0 Å². The average molecular weight is 339 g/mol. The van der Waals surface area contributed by atoms with Crippen molar-refractivity contribution in [3.8, 4) is 0 Å². The normalized spacial score (nSPS) is 17.5. The van der Waals surface area contributed by atoms with Crippen LogP contribution in [0.15, 0.2) is 24.3 Å². The van der Waals surface area contributed by atoms with Crippen molar-refractivity contribution in [3.63, 3.8) is 0 Å². The number of benzene rings is 1. The summed E-state index contributed by atoms with van der Waals surface area (Å²) >= 11 is 0. The quantitative estimate of drug-likeness (QED) is 0.827. The van der Waals surface area contributed by atoms with E-state index in [1.165, 1.54) is 11.3 Å². The van der Waals surface area contributed by atoms with E-state index in [-0.39, 0.29) is 11.2 Å². The smallest absolute Gasteiger partial charge is 0.214 e. The van der Waals surface area contributed by atoms with Crippen LogP contribution in [0.3, 0.4) is 0 Å². The minimum Gasteiger partial charge on any atom is -0.369 e. The molecule has 5 heteroatoms. The Bertz CT molecular complexity index is 595. The second kappa shape index (κ2) is 7.22. The van der Waals surface area contributed by atoms with Gasteiger partial charge in [0, 0.05) is 31.9 Å². The summed E-state index contributed by atoms with van der Waals surface area (Å²) in [6, 6.07) is 8.67. The Morgan fingerprint density at radius 3 is 2.04 bits per heavy atom. The van der Waals surface area contributed by atoms with Gasteiger partial charge in [-0.3, -0.25) is 0 Å². The van der Waals surface area contributed by atoms with Crippen LogP contribution in [0.1, 0.15) is 46.1 Å². The largest absolute Gasteiger partial charge is 0.369 e. The zero-order chi connectivity index (χ0) is 17.1. The van der Waals surface area contributed by atoms with Gasteiger partial charge in [0.1, 0.15) is 0 Å². The SMILES string of the molecule is CCCCS(=O)(=O)N1CCN(c2ccc(C(C)(C)C)cc2)CC1. The topological polar surface area (TPSA) is 40.6 Å². The number of piperazine rings is 1. The molecule has 0 saturated carbocycles. The zero-order valence-corrected chi connectivity index (χ0v) is 15.7. The molecular weight excluding hydrogens is 308 g/mol. The highest BCUT2D eigenvalue weighted by Gasteiger charge is 2.26. The van der Waals surface area contributed by atoms with Gasteiger partial charge >= 0.3 is 0 Å². The average Bonchev–Trinajstić information content (AvgIpc) is 2.52. The fourth-order valence-corrected chi connectivity index (χ4v) is 4.48. The predicted octanol–water partition coefficient (Wildman–Crippen LogP) is 3.24. The fraction of sp³-hybridized carbons (Fsp3) is 0.667. The molecule has 0 N–H and O–H groups in total. The van der Waals surface area contributed by atoms with E-state index >= 15 is 0 Å². The standard InChI is InChI=1S/C18H30N2O2S/c1-5-6-15-23(21,22)20-13-11-19(12-14-20)17-9-7-16(8-10-17)18(2,3)4/h7-10H,5-6,11-15H2,1-4H3. The highest BCUT2D eigenvalue weighted by molar-refractivity contribution is 7.89. The van der Waals surface area contributed by atoms with E-state index in [2.05, 4.69) is 49.9 Å². The van der Waals surface area contributed by atoms with Gasteiger partial charge in [0.05, 0.1) is 5.75 Å². The van der Waals surface area contributed by atoms with Crippen molar-refractivity contribution in [1.29, 1.82) is 0 Å². The molecule has 4 nitrogen and oxygen atoms in total. The maximum Gasteiger partial charge on any atom is 0.214 e. The minimum atomic E-state index is -3.07. The Morgan fingerprint density at radius 2 is 1.57 bits per heavy atom. The summed E-state index contributed by atoms with van der Waals surface area (Å²) in [4.78, 5) is 2.28. The van der Waals surface area contributed by atoms with Crippen LogP contribution in [0, 0.1) is 0 Å². The molecule has 0 aliphatic carbocycles. The molecule has 1 fully saturated rings. The van der Waals surface area contributed by atoms with Crippen molar-refractivity contribution < 1.29 is 8.42 Å². The van der Waals surface area contributed by atoms with E-state index in [0.717, 1.165) is 25.9 Å². The third kappa shape index (κ3) is 4.70. The number of sulfonamides is 1. The van der Waals surface area contributed by atoms with E-state index in [0.29, 0.717) is 13.1 Å². The molecule has 0 amide bonds. The van der Waals surface area contributed by atoms with Crippen molar-refractivity contribution in [2.75, 3.05) is 36.8 Å². The maximum atomic E-state index is 12.3. The summed E-state index contributed by atoms with van der Waals surface area (Å²) in [5.41, 5.74) is 2.66. The lowest BCUT2D eigenvalue weighted by Crippen LogP contribution is -2.49. The van der Waals surface area contributed by atoms with Gasteiger partial charge in [-0.1, -0.05) is 46.2 Å². The number of nitrogens with zero attached hydrogens (tertiary/aromatic N) is 2. The summed E-state index contributed by atoms with van der Waals surface area (Å²) in [5, 5.41) is 0. The monoisotopic (exact) mass is 338 g/mol. The molecule has 0 spiro atoms. The van der Waals surface area contributed by atoms with Crippen LogP contribution in [-0.4, -0.2) is 44.7 Å². The molecule has 2 rings (SSSR count). The molecule has 0 bridgehead atoms. The Hall–Kier alpha value is -1.07. The molecule has 1 aliphatic heterocycles. The molecule has 1 heterocycles. The third-order valence-corrected chi connectivity index (χ3v) is 6.44. The van der Waals surface area contributed by atoms with Crippen molar-refractivity contribution in [1.82, 2.24) is 4.31 Å². The molecular formula is C18H30N2O2S. The van der Waals surface area contributed by atoms with Gasteiger partial charge in [0.25, 0.3) is 0 Å². The fourth-order valence-electron chi connectivity index (χ4n) is 2.85. The van der Waals surface area contributed by atoms with Gasteiger partial charge in [-0.15, -0.1) is 0 Å². The second-order valence-corrected chi connectivity index (χ2v) is 9.44. The number of hydrogen-bond acceptors (Lipinski definition) is 3. The van der Waals surface area contributed by atoms with E-state index < -0.39 is 10.0 Å². The minimum absolute atomic E-state index is 0.157. The summed E-state index contributed by atoms with van der Waals surface area (Å²) in [7, 11) is -3.07. The first-order chi connectivity index (χ1) is 10.7. The van der Waals surface area contributed by atoms with Gasteiger partial charge in [-0.25, -0.2) is 8.42 Å². The second-order valence-electron chi connectivity index (χ2n) is 7.35. The highest BCUT2D eigenvalue weighted by Crippen LogP contribution is 2.25. The lowest BCUT2D eigenvalue weighted by Gasteiger charge is -2.35. The molecule has 23 heavy (non-hydrogen) atoms. The molecule has 1 aromatic rings. The third-order valence-electron chi connectivity index (χ3n) is 4.49. The number of hydrogen-bond donors (Lipinski definition) is 0. The van der Waals surface area contributed by atoms with Crippen LogP contribution in [0.2, 0.25) is 0 Å². The molecule has 0 aromatic heterocycles. The lowest BCUT2D eigenvalue weighted by atomic mass is 9.87. The number of rotatable bonds is 5. The number of unbranched alkanes of at least 4 members (excludes halogenated alkanes) is 1. The van der Waals surface area contributed by atoms with Crippen molar-refractivity contribution in [2.45, 2.75) is 46.0 Å². The summed E-state index contributed by atoms with van der Waals surface area (Å²) in [6.07, 6.45) is 1.66. The van der Waals surface area contributed by atoms with Gasteiger partial charge < -0.3 is 4.90 Å². The van der Waals surface area contributed by atoms with Crippen LogP contribution in [-0.2, 0) is 15.4 Å². The molecule has 0 unspecified atom stereocenters. The maximum absolute atomic E-state index is 12.3. The molecule has 130 valence electrons. The van der Waals surface area contributed by atoms with Crippen molar-refractivity contribution in [2.24, 2.45) is 0 Å². The van der Waals surface area contributed by atoms with Crippen LogP contribution in [0.4, 0.5) is 5.69 Å². The van der Waals surface area contributed by atoms with Crippen LogP contribution in [0.5, 0.6) is 0 Å². The van der Waals surface area contributed by atoms with E-state index in [1.807, 2.05) is 6.92 Å². The van der Waals surface area contributed by atoms with E-state index in [9.17, 15) is 8.42 Å². The van der Waals surface area contributed by atoms with Gasteiger partial charge in [-0.05, 0) is 29.5 Å². The van der Waals surface area contributed by atoms with Gasteiger partial charge in [-0.2, -0.15) is 4.31 Å². The Labute approximate surface area is 141 Å². The molecule has 1 aliphatic rings. The Morgan fingerprint density at radius 1 is 1.00 bits per heavy atom. The summed E-state index contributed by atoms with van der Waals surface area (Å²) < 4.78 is 26.2. The van der Waals surface area contributed by atoms with E-state index in [1.54, 1.807) is 4.31 Å².